The molecule has 1 aromatic carbocycles. The fourth-order valence-electron chi connectivity index (χ4n) is 1.63. The van der Waals surface area contributed by atoms with Crippen molar-refractivity contribution < 1.29 is 9.53 Å². The van der Waals surface area contributed by atoms with Gasteiger partial charge in [0.05, 0.1) is 18.2 Å². The molecule has 1 fully saturated rings. The molecule has 5 heteroatoms. The predicted molar refractivity (Wildman–Crippen MR) is 73.4 cm³/mol. The van der Waals surface area contributed by atoms with Crippen LogP contribution in [0.5, 0.6) is 5.75 Å². The Kier molecular flexibility index (Phi) is 4.03. The maximum Gasteiger partial charge on any atom is 0.230 e. The van der Waals surface area contributed by atoms with Crippen molar-refractivity contribution in [3.05, 3.63) is 24.3 Å². The molecule has 3 nitrogen and oxygen atoms in total. The molecular weight excluding hydrogens is 273 g/mol. The van der Waals surface area contributed by atoms with E-state index >= 15 is 0 Å². The third kappa shape index (κ3) is 3.09. The lowest BCUT2D eigenvalue weighted by Gasteiger charge is -2.11. The minimum Gasteiger partial charge on any atom is -0.491 e. The van der Waals surface area contributed by atoms with Crippen molar-refractivity contribution in [2.45, 2.75) is 24.1 Å². The van der Waals surface area contributed by atoms with Crippen LogP contribution >= 0.6 is 23.2 Å². The topological polar surface area (TPSA) is 38.3 Å². The molecule has 0 aromatic heterocycles. The molecule has 0 bridgehead atoms. The van der Waals surface area contributed by atoms with E-state index in [0.29, 0.717) is 24.5 Å². The Bertz CT molecular complexity index is 448. The van der Waals surface area contributed by atoms with Crippen LogP contribution in [0.4, 0.5) is 5.69 Å². The maximum absolute atomic E-state index is 11.9. The second-order valence-electron chi connectivity index (χ2n) is 4.35. The molecule has 1 saturated carbocycles. The number of nitrogens with one attached hydrogen (secondary N) is 1. The van der Waals surface area contributed by atoms with Gasteiger partial charge in [0.25, 0.3) is 0 Å². The Morgan fingerprint density at radius 2 is 2.17 bits per heavy atom. The molecule has 1 unspecified atom stereocenters. The number of alkyl halides is 2. The fourth-order valence-corrected chi connectivity index (χ4v) is 2.13. The zero-order valence-electron chi connectivity index (χ0n) is 10.1. The van der Waals surface area contributed by atoms with Crippen LogP contribution in [-0.4, -0.2) is 16.8 Å². The van der Waals surface area contributed by atoms with Gasteiger partial charge in [0.15, 0.2) is 0 Å². The average molecular weight is 288 g/mol. The number of halogens is 2. The van der Waals surface area contributed by atoms with Gasteiger partial charge in [0.2, 0.25) is 5.91 Å². The highest BCUT2D eigenvalue weighted by Crippen LogP contribution is 2.53. The Labute approximate surface area is 116 Å². The summed E-state index contributed by atoms with van der Waals surface area (Å²) in [4.78, 5) is 11.9. The van der Waals surface area contributed by atoms with Crippen molar-refractivity contribution in [2.24, 2.45) is 5.92 Å². The van der Waals surface area contributed by atoms with Crippen LogP contribution in [0.25, 0.3) is 0 Å². The van der Waals surface area contributed by atoms with Gasteiger partial charge in [0, 0.05) is 0 Å². The molecule has 98 valence electrons. The predicted octanol–water partition coefficient (Wildman–Crippen LogP) is 3.61. The molecule has 1 aromatic rings. The number of amides is 1. The third-order valence-corrected chi connectivity index (χ3v) is 3.58. The zero-order valence-corrected chi connectivity index (χ0v) is 11.6. The summed E-state index contributed by atoms with van der Waals surface area (Å²) < 4.78 is 4.66. The summed E-state index contributed by atoms with van der Waals surface area (Å²) in [6.45, 7) is 2.64. The second kappa shape index (κ2) is 5.37. The monoisotopic (exact) mass is 287 g/mol. The molecule has 1 atom stereocenters. The number of rotatable bonds is 5. The van der Waals surface area contributed by atoms with Crippen molar-refractivity contribution in [1.29, 1.82) is 0 Å². The van der Waals surface area contributed by atoms with E-state index in [4.69, 9.17) is 27.9 Å². The molecule has 0 radical (unpaired) electrons. The van der Waals surface area contributed by atoms with E-state index < -0.39 is 4.33 Å². The second-order valence-corrected chi connectivity index (χ2v) is 5.89. The Morgan fingerprint density at radius 3 is 2.78 bits per heavy atom. The van der Waals surface area contributed by atoms with Gasteiger partial charge in [-0.05, 0) is 25.0 Å². The van der Waals surface area contributed by atoms with Gasteiger partial charge in [-0.2, -0.15) is 0 Å². The summed E-state index contributed by atoms with van der Waals surface area (Å²) in [5.74, 6) is 0.177. The first kappa shape index (κ1) is 13.5. The first-order valence-corrected chi connectivity index (χ1v) is 6.70. The van der Waals surface area contributed by atoms with Crippen LogP contribution < -0.4 is 10.1 Å². The molecule has 0 saturated heterocycles. The van der Waals surface area contributed by atoms with Crippen LogP contribution in [0.15, 0.2) is 24.3 Å². The quantitative estimate of drug-likeness (QED) is 0.841. The summed E-state index contributed by atoms with van der Waals surface area (Å²) in [6.07, 6.45) is 1.41. The van der Waals surface area contributed by atoms with E-state index in [2.05, 4.69) is 5.32 Å². The van der Waals surface area contributed by atoms with E-state index in [1.165, 1.54) is 0 Å². The summed E-state index contributed by atoms with van der Waals surface area (Å²) in [7, 11) is 0. The number of benzene rings is 1. The molecule has 0 heterocycles. The van der Waals surface area contributed by atoms with Gasteiger partial charge in [-0.1, -0.05) is 19.1 Å². The van der Waals surface area contributed by atoms with Crippen LogP contribution in [0.2, 0.25) is 0 Å². The first-order chi connectivity index (χ1) is 8.54. The fraction of sp³-hybridized carbons (Fsp3) is 0.462. The zero-order chi connectivity index (χ0) is 13.2. The maximum atomic E-state index is 11.9. The van der Waals surface area contributed by atoms with Gasteiger partial charge in [-0.15, -0.1) is 23.2 Å². The van der Waals surface area contributed by atoms with Crippen LogP contribution in [-0.2, 0) is 4.79 Å². The summed E-state index contributed by atoms with van der Waals surface area (Å²) in [6, 6.07) is 7.34. The number of carbonyl (C=O) groups is 1. The number of hydrogen-bond donors (Lipinski definition) is 1. The molecule has 18 heavy (non-hydrogen) atoms. The number of hydrogen-bond acceptors (Lipinski definition) is 2. The summed E-state index contributed by atoms with van der Waals surface area (Å²) >= 11 is 11.7. The SMILES string of the molecule is CCCOc1ccccc1NC(=O)C1CC1(Cl)Cl. The largest absolute Gasteiger partial charge is 0.491 e. The molecular formula is C13H15Cl2NO2. The highest BCUT2D eigenvalue weighted by molar-refractivity contribution is 6.52. The standard InChI is InChI=1S/C13H15Cl2NO2/c1-2-7-18-11-6-4-3-5-10(11)16-12(17)9-8-13(9,14)15/h3-6,9H,2,7-8H2,1H3,(H,16,17). The smallest absolute Gasteiger partial charge is 0.230 e. The third-order valence-electron chi connectivity index (χ3n) is 2.75. The van der Waals surface area contributed by atoms with E-state index in [-0.39, 0.29) is 11.8 Å². The van der Waals surface area contributed by atoms with E-state index in [0.717, 1.165) is 6.42 Å². The highest BCUT2D eigenvalue weighted by Gasteiger charge is 2.56. The van der Waals surface area contributed by atoms with Crippen molar-refractivity contribution in [3.63, 3.8) is 0 Å². The lowest BCUT2D eigenvalue weighted by molar-refractivity contribution is -0.117. The average Bonchev–Trinajstić information content (AvgIpc) is 2.97. The normalized spacial score (nSPS) is 20.3. The van der Waals surface area contributed by atoms with Crippen molar-refractivity contribution in [3.8, 4) is 5.75 Å². The van der Waals surface area contributed by atoms with Gasteiger partial charge in [-0.25, -0.2) is 0 Å². The molecule has 0 spiro atoms. The highest BCUT2D eigenvalue weighted by atomic mass is 35.5. The first-order valence-electron chi connectivity index (χ1n) is 5.95. The number of carbonyl (C=O) groups excluding carboxylic acids is 1. The van der Waals surface area contributed by atoms with Gasteiger partial charge >= 0.3 is 0 Å². The summed E-state index contributed by atoms with van der Waals surface area (Å²) in [5, 5.41) is 2.80. The van der Waals surface area contributed by atoms with Crippen molar-refractivity contribution in [1.82, 2.24) is 0 Å². The van der Waals surface area contributed by atoms with Gasteiger partial charge in [-0.3, -0.25) is 4.79 Å². The summed E-state index contributed by atoms with van der Waals surface area (Å²) in [5.41, 5.74) is 0.659. The Morgan fingerprint density at radius 1 is 1.50 bits per heavy atom. The Hall–Kier alpha value is -0.930. The lowest BCUT2D eigenvalue weighted by Crippen LogP contribution is -2.17. The molecule has 1 N–H and O–H groups in total. The van der Waals surface area contributed by atoms with Gasteiger partial charge in [0.1, 0.15) is 10.1 Å². The molecule has 1 amide bonds. The molecule has 1 aliphatic rings. The minimum absolute atomic E-state index is 0.160. The van der Waals surface area contributed by atoms with Crippen LogP contribution in [0.3, 0.4) is 0 Å². The number of anilines is 1. The lowest BCUT2D eigenvalue weighted by atomic mass is 10.2. The van der Waals surface area contributed by atoms with Crippen LogP contribution in [0, 0.1) is 5.92 Å². The van der Waals surface area contributed by atoms with Crippen molar-refractivity contribution >= 4 is 34.8 Å². The molecule has 0 aliphatic heterocycles. The number of ether oxygens (including phenoxy) is 1. The van der Waals surface area contributed by atoms with Crippen LogP contribution in [0.1, 0.15) is 19.8 Å². The van der Waals surface area contributed by atoms with E-state index in [1.54, 1.807) is 6.07 Å². The number of para-hydroxylation sites is 2. The van der Waals surface area contributed by atoms with Crippen molar-refractivity contribution in [2.75, 3.05) is 11.9 Å². The van der Waals surface area contributed by atoms with E-state index in [1.807, 2.05) is 25.1 Å². The molecule has 1 aliphatic carbocycles. The minimum atomic E-state index is -0.900. The Balaban J connectivity index is 2.02. The van der Waals surface area contributed by atoms with Gasteiger partial charge < -0.3 is 10.1 Å². The van der Waals surface area contributed by atoms with E-state index in [9.17, 15) is 4.79 Å². The molecule has 2 rings (SSSR count).